The summed E-state index contributed by atoms with van der Waals surface area (Å²) >= 11 is 2.67. The molecule has 0 aliphatic carbocycles. The molecule has 0 radical (unpaired) electrons. The van der Waals surface area contributed by atoms with Crippen LogP contribution >= 0.6 is 26.9 Å². The molecule has 0 nitrogen and oxygen atoms in total. The van der Waals surface area contributed by atoms with Gasteiger partial charge in [0.1, 0.15) is 0 Å². The van der Waals surface area contributed by atoms with Crippen molar-refractivity contribution in [2.24, 2.45) is 0 Å². The summed E-state index contributed by atoms with van der Waals surface area (Å²) in [4.78, 5) is -0.616. The lowest BCUT2D eigenvalue weighted by Gasteiger charge is -2.22. The largest absolute Gasteiger partial charge is 1.00 e. The molecule has 0 aromatic rings. The van der Waals surface area contributed by atoms with Gasteiger partial charge in [0, 0.05) is 0 Å². The minimum absolute atomic E-state index is 0. The summed E-state index contributed by atoms with van der Waals surface area (Å²) in [5.74, 6) is 0. The van der Waals surface area contributed by atoms with Crippen LogP contribution in [0.5, 0.6) is 0 Å². The Balaban J connectivity index is 0. The Morgan fingerprint density at radius 3 is 1.20 bits per heavy atom. The van der Waals surface area contributed by atoms with Crippen molar-refractivity contribution in [1.82, 2.24) is 0 Å². The highest BCUT2D eigenvalue weighted by Gasteiger charge is 2.36. The molecule has 0 atom stereocenters. The van der Waals surface area contributed by atoms with Crippen molar-refractivity contribution in [1.29, 1.82) is 0 Å². The van der Waals surface area contributed by atoms with E-state index in [1.807, 2.05) is 0 Å². The fourth-order valence-corrected chi connectivity index (χ4v) is 1.79. The molecule has 0 aliphatic rings. The normalized spacial score (nSPS) is 12.0. The molecule has 0 N–H and O–H groups in total. The molecule has 0 saturated carbocycles. The van der Waals surface area contributed by atoms with E-state index < -0.39 is 4.90 Å². The third-order valence-electron chi connectivity index (χ3n) is 2.02. The zero-order chi connectivity index (χ0) is 7.65. The van der Waals surface area contributed by atoms with Crippen LogP contribution in [-0.2, 0) is 0 Å². The molecular weight excluding hydrogens is 369 g/mol. The van der Waals surface area contributed by atoms with Gasteiger partial charge in [-0.3, -0.25) is 0 Å². The van der Waals surface area contributed by atoms with Crippen LogP contribution in [0.3, 0.4) is 0 Å². The second kappa shape index (κ2) is 5.52. The first kappa shape index (κ1) is 14.4. The van der Waals surface area contributed by atoms with E-state index in [0.717, 1.165) is 11.3 Å². The molecule has 10 heavy (non-hydrogen) atoms. The fraction of sp³-hybridized carbons (Fsp3) is 1.00. The van der Waals surface area contributed by atoms with Crippen molar-refractivity contribution in [3.63, 3.8) is 0 Å². The highest BCUT2D eigenvalue weighted by atomic mass is 127. The predicted molar refractivity (Wildman–Crippen MR) is 57.1 cm³/mol. The monoisotopic (exact) mass is 386 g/mol. The average Bonchev–Trinajstić information content (AvgIpc) is 1.65. The van der Waals surface area contributed by atoms with Crippen LogP contribution in [0.4, 0.5) is 0 Å². The third kappa shape index (κ3) is 4.05. The van der Waals surface area contributed by atoms with E-state index in [1.54, 1.807) is 0 Å². The van der Waals surface area contributed by atoms with Crippen LogP contribution in [0.15, 0.2) is 0 Å². The van der Waals surface area contributed by atoms with E-state index in [-0.39, 0.29) is 24.0 Å². The summed E-state index contributed by atoms with van der Waals surface area (Å²) < 4.78 is 0. The quantitative estimate of drug-likeness (QED) is 0.487. The summed E-state index contributed by atoms with van der Waals surface area (Å²) in [5.41, 5.74) is 1.77. The molecule has 3 heteroatoms. The summed E-state index contributed by atoms with van der Waals surface area (Å²) in [7, 11) is 0. The van der Waals surface area contributed by atoms with Crippen LogP contribution < -0.4 is 24.0 Å². The van der Waals surface area contributed by atoms with E-state index in [4.69, 9.17) is 0 Å². The Bertz CT molecular complexity index is 79.6. The zero-order valence-corrected chi connectivity index (χ0v) is 12.6. The molecule has 0 fully saturated rings. The lowest BCUT2D eigenvalue weighted by atomic mass is 10.5. The molecule has 64 valence electrons. The van der Waals surface area contributed by atoms with Crippen molar-refractivity contribution in [2.75, 3.05) is 6.66 Å². The van der Waals surface area contributed by atoms with Gasteiger partial charge in [0.05, 0.1) is 22.9 Å². The Kier molecular flexibility index (Phi) is 7.96. The van der Waals surface area contributed by atoms with E-state index in [1.165, 1.54) is 0 Å². The van der Waals surface area contributed by atoms with Gasteiger partial charge in [0.25, 0.3) is 0 Å². The van der Waals surface area contributed by atoms with Crippen LogP contribution in [0.25, 0.3) is 0 Å². The van der Waals surface area contributed by atoms with Crippen LogP contribution in [0.2, 0.25) is 0 Å². The molecule has 0 saturated heterocycles. The van der Waals surface area contributed by atoms with Crippen molar-refractivity contribution in [3.05, 3.63) is 0 Å². The fourth-order valence-electron chi connectivity index (χ4n) is 0.596. The molecule has 0 aromatic heterocycles. The lowest BCUT2D eigenvalue weighted by molar-refractivity contribution is -0.00000209. The Labute approximate surface area is 95.8 Å². The van der Waals surface area contributed by atoms with Crippen molar-refractivity contribution >= 4 is 26.9 Å². The highest BCUT2D eigenvalue weighted by molar-refractivity contribution is 14.2. The molecule has 0 aliphatic heterocycles. The van der Waals surface area contributed by atoms with E-state index in [0.29, 0.717) is 0 Å². The van der Waals surface area contributed by atoms with Crippen molar-refractivity contribution in [2.45, 2.75) is 39.0 Å². The minimum Gasteiger partial charge on any atom is -1.00 e. The molecule has 0 spiro atoms. The topological polar surface area (TPSA) is 0 Å². The van der Waals surface area contributed by atoms with Crippen LogP contribution in [0.1, 0.15) is 27.7 Å². The minimum atomic E-state index is -0.616. The van der Waals surface area contributed by atoms with Gasteiger partial charge in [-0.15, -0.1) is 0 Å². The maximum absolute atomic E-state index is 2.67. The van der Waals surface area contributed by atoms with Crippen molar-refractivity contribution in [3.8, 4) is 0 Å². The maximum Gasteiger partial charge on any atom is 0.154 e. The summed E-state index contributed by atoms with van der Waals surface area (Å²) in [6.07, 6.45) is 0. The van der Waals surface area contributed by atoms with Crippen LogP contribution in [0, 0.1) is 0 Å². The Morgan fingerprint density at radius 1 is 1.00 bits per heavy atom. The SMILES string of the molecule is CC(C)[P+](C)(I)C(C)C.[I-]. The van der Waals surface area contributed by atoms with Gasteiger partial charge in [0.2, 0.25) is 0 Å². The summed E-state index contributed by atoms with van der Waals surface area (Å²) in [6, 6.07) is 0. The van der Waals surface area contributed by atoms with Gasteiger partial charge in [-0.1, -0.05) is 0 Å². The molecule has 0 bridgehead atoms. The zero-order valence-electron chi connectivity index (χ0n) is 7.36. The summed E-state index contributed by atoms with van der Waals surface area (Å²) in [6.45, 7) is 11.8. The smallest absolute Gasteiger partial charge is 0.154 e. The lowest BCUT2D eigenvalue weighted by Crippen LogP contribution is -3.00. The number of hydrogen-bond acceptors (Lipinski definition) is 0. The second-order valence-electron chi connectivity index (χ2n) is 3.22. The third-order valence-corrected chi connectivity index (χ3v) is 12.7. The molecule has 0 rings (SSSR count). The summed E-state index contributed by atoms with van der Waals surface area (Å²) in [5, 5.41) is 0. The predicted octanol–water partition coefficient (Wildman–Crippen LogP) is 0.805. The van der Waals surface area contributed by atoms with Gasteiger partial charge in [-0.05, 0) is 27.7 Å². The highest BCUT2D eigenvalue weighted by Crippen LogP contribution is 2.70. The molecule has 0 aromatic carbocycles. The molecule has 0 amide bonds. The first-order valence-corrected chi connectivity index (χ1v) is 8.60. The van der Waals surface area contributed by atoms with E-state index in [9.17, 15) is 0 Å². The first-order chi connectivity index (χ1) is 3.89. The van der Waals surface area contributed by atoms with Gasteiger partial charge >= 0.3 is 0 Å². The molecule has 0 heterocycles. The number of hydrogen-bond donors (Lipinski definition) is 0. The molecule has 0 unspecified atom stereocenters. The van der Waals surface area contributed by atoms with Gasteiger partial charge in [-0.2, -0.15) is 0 Å². The van der Waals surface area contributed by atoms with E-state index in [2.05, 4.69) is 56.4 Å². The van der Waals surface area contributed by atoms with E-state index >= 15 is 0 Å². The van der Waals surface area contributed by atoms with Gasteiger partial charge in [0.15, 0.2) is 22.0 Å². The number of rotatable bonds is 2. The van der Waals surface area contributed by atoms with Crippen molar-refractivity contribution < 1.29 is 24.0 Å². The standard InChI is InChI=1S/C7H17IP.HI/c1-6(2)9(5,8)7(3)4;/h6-7H,1-5H3;1H/q+1;/p-1. The first-order valence-electron chi connectivity index (χ1n) is 3.44. The second-order valence-corrected chi connectivity index (χ2v) is 13.6. The average molecular weight is 386 g/mol. The Morgan fingerprint density at radius 2 is 1.20 bits per heavy atom. The van der Waals surface area contributed by atoms with Crippen LogP contribution in [-0.4, -0.2) is 18.0 Å². The molecular formula is C7H17I2P. The van der Waals surface area contributed by atoms with Gasteiger partial charge in [-0.25, -0.2) is 0 Å². The number of halogens is 2. The Hall–Kier alpha value is 1.89. The maximum atomic E-state index is 2.67. The van der Waals surface area contributed by atoms with Gasteiger partial charge < -0.3 is 24.0 Å².